The molecule has 1 aromatic carbocycles. The van der Waals surface area contributed by atoms with E-state index in [4.69, 9.17) is 14.6 Å². The molecule has 98 valence electrons. The third kappa shape index (κ3) is 4.18. The summed E-state index contributed by atoms with van der Waals surface area (Å²) in [5, 5.41) is 8.93. The van der Waals surface area contributed by atoms with Crippen LogP contribution in [0.5, 0.6) is 0 Å². The molecule has 0 aliphatic rings. The number of carbonyl (C=O) groups is 2. The Morgan fingerprint density at radius 3 is 2.33 bits per heavy atom. The predicted octanol–water partition coefficient (Wildman–Crippen LogP) is 1.97. The second kappa shape index (κ2) is 7.45. The van der Waals surface area contributed by atoms with E-state index in [1.807, 2.05) is 0 Å². The summed E-state index contributed by atoms with van der Waals surface area (Å²) in [5.41, 5.74) is 0.0381. The number of hydrogen-bond donors (Lipinski definition) is 1. The number of rotatable bonds is 7. The van der Waals surface area contributed by atoms with Gasteiger partial charge in [-0.25, -0.2) is 9.59 Å². The van der Waals surface area contributed by atoms with Crippen LogP contribution in [-0.2, 0) is 9.47 Å². The third-order valence-corrected chi connectivity index (χ3v) is 2.35. The summed E-state index contributed by atoms with van der Waals surface area (Å²) in [4.78, 5) is 22.6. The second-order valence-electron chi connectivity index (χ2n) is 3.69. The number of unbranched alkanes of at least 4 members (excludes halogenated alkanes) is 1. The van der Waals surface area contributed by atoms with E-state index in [9.17, 15) is 9.59 Å². The zero-order valence-electron chi connectivity index (χ0n) is 10.2. The lowest BCUT2D eigenvalue weighted by Crippen LogP contribution is -2.12. The number of benzene rings is 1. The smallest absolute Gasteiger partial charge is 0.339 e. The van der Waals surface area contributed by atoms with Gasteiger partial charge in [0.05, 0.1) is 17.7 Å². The van der Waals surface area contributed by atoms with Gasteiger partial charge in [0.25, 0.3) is 0 Å². The number of carboxylic acid groups (broad SMARTS) is 1. The van der Waals surface area contributed by atoms with Gasteiger partial charge in [0.1, 0.15) is 0 Å². The maximum atomic E-state index is 11.7. The molecule has 0 amide bonds. The Morgan fingerprint density at radius 1 is 1.11 bits per heavy atom. The maximum absolute atomic E-state index is 11.7. The zero-order valence-corrected chi connectivity index (χ0v) is 10.2. The van der Waals surface area contributed by atoms with Gasteiger partial charge >= 0.3 is 11.9 Å². The van der Waals surface area contributed by atoms with Crippen LogP contribution < -0.4 is 0 Å². The van der Waals surface area contributed by atoms with Gasteiger partial charge in [-0.3, -0.25) is 0 Å². The zero-order chi connectivity index (χ0) is 13.4. The number of esters is 1. The van der Waals surface area contributed by atoms with E-state index in [1.165, 1.54) is 12.1 Å². The van der Waals surface area contributed by atoms with Crippen molar-refractivity contribution in [3.63, 3.8) is 0 Å². The number of carboxylic acids is 1. The molecule has 0 saturated heterocycles. The number of hydrogen-bond acceptors (Lipinski definition) is 4. The Balaban J connectivity index is 2.54. The Kier molecular flexibility index (Phi) is 5.87. The van der Waals surface area contributed by atoms with E-state index >= 15 is 0 Å². The van der Waals surface area contributed by atoms with Gasteiger partial charge in [-0.05, 0) is 25.0 Å². The third-order valence-electron chi connectivity index (χ3n) is 2.35. The molecule has 0 aromatic heterocycles. The average Bonchev–Trinajstić information content (AvgIpc) is 2.38. The molecular formula is C13H16O5. The van der Waals surface area contributed by atoms with Crippen molar-refractivity contribution in [3.05, 3.63) is 35.4 Å². The van der Waals surface area contributed by atoms with Crippen LogP contribution in [0.2, 0.25) is 0 Å². The molecule has 0 aliphatic heterocycles. The van der Waals surface area contributed by atoms with Crippen LogP contribution in [0.25, 0.3) is 0 Å². The first-order valence-electron chi connectivity index (χ1n) is 5.65. The van der Waals surface area contributed by atoms with Gasteiger partial charge in [0, 0.05) is 13.7 Å². The van der Waals surface area contributed by atoms with Crippen molar-refractivity contribution in [2.24, 2.45) is 0 Å². The van der Waals surface area contributed by atoms with Crippen molar-refractivity contribution in [2.45, 2.75) is 12.8 Å². The van der Waals surface area contributed by atoms with Crippen LogP contribution in [-0.4, -0.2) is 37.4 Å². The Bertz CT molecular complexity index is 414. The van der Waals surface area contributed by atoms with Gasteiger partial charge in [-0.15, -0.1) is 0 Å². The molecule has 0 unspecified atom stereocenters. The highest BCUT2D eigenvalue weighted by Crippen LogP contribution is 2.10. The van der Waals surface area contributed by atoms with E-state index in [0.29, 0.717) is 13.0 Å². The Morgan fingerprint density at radius 2 is 1.72 bits per heavy atom. The minimum atomic E-state index is -1.14. The molecule has 5 heteroatoms. The summed E-state index contributed by atoms with van der Waals surface area (Å²) >= 11 is 0. The first kappa shape index (κ1) is 14.2. The minimum Gasteiger partial charge on any atom is -0.478 e. The van der Waals surface area contributed by atoms with Crippen molar-refractivity contribution in [1.82, 2.24) is 0 Å². The lowest BCUT2D eigenvalue weighted by Gasteiger charge is -2.06. The molecule has 1 aromatic rings. The van der Waals surface area contributed by atoms with Gasteiger partial charge in [0.2, 0.25) is 0 Å². The molecule has 0 atom stereocenters. The number of aromatic carboxylic acids is 1. The van der Waals surface area contributed by atoms with Crippen LogP contribution in [0.4, 0.5) is 0 Å². The van der Waals surface area contributed by atoms with E-state index < -0.39 is 11.9 Å². The van der Waals surface area contributed by atoms with Gasteiger partial charge in [-0.2, -0.15) is 0 Å². The van der Waals surface area contributed by atoms with E-state index in [2.05, 4.69) is 0 Å². The Hall–Kier alpha value is -1.88. The van der Waals surface area contributed by atoms with Crippen molar-refractivity contribution < 1.29 is 24.2 Å². The SMILES string of the molecule is COCCCCOC(=O)c1ccccc1C(=O)O. The highest BCUT2D eigenvalue weighted by molar-refractivity contribution is 6.02. The van der Waals surface area contributed by atoms with Crippen LogP contribution in [0.15, 0.2) is 24.3 Å². The highest BCUT2D eigenvalue weighted by atomic mass is 16.5. The number of ether oxygens (including phenoxy) is 2. The fourth-order valence-electron chi connectivity index (χ4n) is 1.44. The van der Waals surface area contributed by atoms with Crippen LogP contribution >= 0.6 is 0 Å². The van der Waals surface area contributed by atoms with Crippen LogP contribution in [0, 0.1) is 0 Å². The standard InChI is InChI=1S/C13H16O5/c1-17-8-4-5-9-18-13(16)11-7-3-2-6-10(11)12(14)15/h2-3,6-7H,4-5,8-9H2,1H3,(H,14,15). The van der Waals surface area contributed by atoms with Crippen LogP contribution in [0.1, 0.15) is 33.6 Å². The Labute approximate surface area is 105 Å². The van der Waals surface area contributed by atoms with Crippen molar-refractivity contribution in [2.75, 3.05) is 20.3 Å². The van der Waals surface area contributed by atoms with Gasteiger partial charge < -0.3 is 14.6 Å². The topological polar surface area (TPSA) is 72.8 Å². The molecule has 0 bridgehead atoms. The number of methoxy groups -OCH3 is 1. The molecule has 0 fully saturated rings. The molecule has 0 radical (unpaired) electrons. The fraction of sp³-hybridized carbons (Fsp3) is 0.385. The van der Waals surface area contributed by atoms with E-state index in [1.54, 1.807) is 19.2 Å². The van der Waals surface area contributed by atoms with Crippen molar-refractivity contribution in [1.29, 1.82) is 0 Å². The van der Waals surface area contributed by atoms with E-state index in [-0.39, 0.29) is 17.7 Å². The first-order chi connectivity index (χ1) is 8.66. The molecular weight excluding hydrogens is 236 g/mol. The molecule has 18 heavy (non-hydrogen) atoms. The molecule has 0 heterocycles. The normalized spacial score (nSPS) is 10.1. The second-order valence-corrected chi connectivity index (χ2v) is 3.69. The fourth-order valence-corrected chi connectivity index (χ4v) is 1.44. The molecule has 1 N–H and O–H groups in total. The largest absolute Gasteiger partial charge is 0.478 e. The first-order valence-corrected chi connectivity index (χ1v) is 5.65. The lowest BCUT2D eigenvalue weighted by atomic mass is 10.1. The van der Waals surface area contributed by atoms with Gasteiger partial charge in [0.15, 0.2) is 0 Å². The van der Waals surface area contributed by atoms with Crippen molar-refractivity contribution in [3.8, 4) is 0 Å². The predicted molar refractivity (Wildman–Crippen MR) is 64.8 cm³/mol. The van der Waals surface area contributed by atoms with Crippen molar-refractivity contribution >= 4 is 11.9 Å². The summed E-state index contributed by atoms with van der Waals surface area (Å²) in [6, 6.07) is 6.00. The summed E-state index contributed by atoms with van der Waals surface area (Å²) in [7, 11) is 1.61. The highest BCUT2D eigenvalue weighted by Gasteiger charge is 2.16. The molecule has 0 spiro atoms. The molecule has 1 rings (SSSR count). The quantitative estimate of drug-likeness (QED) is 0.593. The molecule has 0 saturated carbocycles. The minimum absolute atomic E-state index is 0.0422. The lowest BCUT2D eigenvalue weighted by molar-refractivity contribution is 0.0479. The molecule has 5 nitrogen and oxygen atoms in total. The summed E-state index contributed by atoms with van der Waals surface area (Å²) in [6.45, 7) is 0.874. The van der Waals surface area contributed by atoms with Crippen LogP contribution in [0.3, 0.4) is 0 Å². The average molecular weight is 252 g/mol. The van der Waals surface area contributed by atoms with Gasteiger partial charge in [-0.1, -0.05) is 12.1 Å². The summed E-state index contributed by atoms with van der Waals surface area (Å²) in [5.74, 6) is -1.74. The number of carbonyl (C=O) groups excluding carboxylic acids is 1. The van der Waals surface area contributed by atoms with E-state index in [0.717, 1.165) is 6.42 Å². The monoisotopic (exact) mass is 252 g/mol. The maximum Gasteiger partial charge on any atom is 0.339 e. The summed E-state index contributed by atoms with van der Waals surface area (Å²) in [6.07, 6.45) is 1.49. The summed E-state index contributed by atoms with van der Waals surface area (Å²) < 4.78 is 9.87. The molecule has 0 aliphatic carbocycles.